The minimum atomic E-state index is -7.22. The molecule has 0 aliphatic heterocycles. The summed E-state index contributed by atoms with van der Waals surface area (Å²) in [4.78, 5) is 0. The molecular formula is C34H10BF20NS. The Labute approximate surface area is 307 Å². The summed E-state index contributed by atoms with van der Waals surface area (Å²) in [5.74, 6) is -71.4. The molecular weight excluding hydrogens is 845 g/mol. The highest BCUT2D eigenvalue weighted by molar-refractivity contribution is 7.20. The lowest BCUT2D eigenvalue weighted by Crippen LogP contribution is -2.81. The Morgan fingerprint density at radius 2 is 0.596 bits per heavy atom. The van der Waals surface area contributed by atoms with Crippen LogP contribution >= 0.6 is 11.3 Å². The predicted octanol–water partition coefficient (Wildman–Crippen LogP) is 7.93. The number of rotatable bonds is 6. The van der Waals surface area contributed by atoms with Gasteiger partial charge in [0.15, 0.2) is 82.5 Å². The summed E-state index contributed by atoms with van der Waals surface area (Å²) < 4.78 is 296. The van der Waals surface area contributed by atoms with E-state index in [9.17, 15) is 52.7 Å². The standard InChI is InChI=1S/C24BF20.C10H10NS/c26-5-1(6(27)14(35)21(42)13(5)34)25(2-7(28)15(36)22(43)16(37)8(2)29,3-9(30)17(38)23(44)18(39)10(3)31)4-11(32)19(40)24(45)20(41)12(4)33;1-2-4-10(5-3-1)8-11-6-7-12-9-11/h;1-7,9H,8H2/q-1;+1. The van der Waals surface area contributed by atoms with Gasteiger partial charge in [-0.1, -0.05) is 41.7 Å². The molecule has 0 unspecified atom stereocenters. The monoisotopic (exact) mass is 855 g/mol. The highest BCUT2D eigenvalue weighted by Crippen LogP contribution is 2.30. The van der Waals surface area contributed by atoms with Crippen LogP contribution in [0.25, 0.3) is 0 Å². The maximum atomic E-state index is 15.4. The van der Waals surface area contributed by atoms with Gasteiger partial charge >= 0.3 is 0 Å². The average Bonchev–Trinajstić information content (AvgIpc) is 3.71. The van der Waals surface area contributed by atoms with E-state index in [1.165, 1.54) is 5.56 Å². The van der Waals surface area contributed by atoms with Crippen molar-refractivity contribution in [1.29, 1.82) is 0 Å². The van der Waals surface area contributed by atoms with Crippen molar-refractivity contribution < 1.29 is 92.4 Å². The summed E-state index contributed by atoms with van der Waals surface area (Å²) >= 11 is 1.72. The van der Waals surface area contributed by atoms with Crippen molar-refractivity contribution in [3.05, 3.63) is 169 Å². The molecule has 57 heavy (non-hydrogen) atoms. The molecule has 0 N–H and O–H groups in total. The SMILES string of the molecule is Fc1c(F)c(F)c([B-](c2c(F)c(F)c(F)c(F)c2F)(c2c(F)c(F)c(F)c(F)c2F)c2c(F)c(F)c(F)c(F)c2F)c(F)c1F.c1ccc(C[n+]2ccsc2)cc1. The Bertz CT molecular complexity index is 2160. The molecule has 0 saturated heterocycles. The van der Waals surface area contributed by atoms with Crippen LogP contribution in [0.2, 0.25) is 0 Å². The van der Waals surface area contributed by atoms with E-state index in [1.54, 1.807) is 11.3 Å². The van der Waals surface area contributed by atoms with Crippen molar-refractivity contribution in [3.63, 3.8) is 0 Å². The fraction of sp³-hybridized carbons (Fsp3) is 0.0294. The van der Waals surface area contributed by atoms with Gasteiger partial charge in [0.05, 0.1) is 5.38 Å². The van der Waals surface area contributed by atoms with Crippen LogP contribution in [0, 0.1) is 116 Å². The van der Waals surface area contributed by atoms with Gasteiger partial charge in [0, 0.05) is 5.56 Å². The molecule has 0 saturated carbocycles. The van der Waals surface area contributed by atoms with Gasteiger partial charge in [-0.05, 0) is 0 Å². The Balaban J connectivity index is 0.000000436. The lowest BCUT2D eigenvalue weighted by molar-refractivity contribution is -0.683. The minimum Gasteiger partial charge on any atom is -0.207 e. The van der Waals surface area contributed by atoms with E-state index >= 15 is 35.1 Å². The van der Waals surface area contributed by atoms with Crippen LogP contribution < -0.4 is 26.4 Å². The molecule has 0 radical (unpaired) electrons. The van der Waals surface area contributed by atoms with Gasteiger partial charge in [-0.3, -0.25) is 0 Å². The van der Waals surface area contributed by atoms with Gasteiger partial charge in [0.2, 0.25) is 5.51 Å². The van der Waals surface area contributed by atoms with Crippen LogP contribution in [-0.4, -0.2) is 6.15 Å². The number of aromatic nitrogens is 1. The summed E-state index contributed by atoms with van der Waals surface area (Å²) in [6.45, 7) is 0.977. The zero-order valence-corrected chi connectivity index (χ0v) is 27.6. The van der Waals surface area contributed by atoms with Crippen molar-refractivity contribution in [2.24, 2.45) is 0 Å². The zero-order chi connectivity index (χ0) is 42.6. The van der Waals surface area contributed by atoms with Gasteiger partial charge < -0.3 is 0 Å². The van der Waals surface area contributed by atoms with Crippen molar-refractivity contribution in [3.8, 4) is 0 Å². The predicted molar refractivity (Wildman–Crippen MR) is 159 cm³/mol. The number of hydrogen-bond acceptors (Lipinski definition) is 1. The first kappa shape index (κ1) is 42.5. The van der Waals surface area contributed by atoms with Crippen LogP contribution in [0.1, 0.15) is 5.56 Å². The normalized spacial score (nSPS) is 11.6. The molecule has 1 nitrogen and oxygen atoms in total. The average molecular weight is 855 g/mol. The maximum absolute atomic E-state index is 15.4. The summed E-state index contributed by atoms with van der Waals surface area (Å²) in [5.41, 5.74) is -10.9. The zero-order valence-electron chi connectivity index (χ0n) is 26.8. The Morgan fingerprint density at radius 1 is 0.351 bits per heavy atom. The molecule has 0 aliphatic rings. The second-order valence-corrected chi connectivity index (χ2v) is 12.2. The smallest absolute Gasteiger partial charge is 0.207 e. The lowest BCUT2D eigenvalue weighted by atomic mass is 9.12. The van der Waals surface area contributed by atoms with Crippen molar-refractivity contribution in [1.82, 2.24) is 0 Å². The summed E-state index contributed by atoms with van der Waals surface area (Å²) in [5, 5.41) is 2.09. The van der Waals surface area contributed by atoms with Crippen LogP contribution in [-0.2, 0) is 6.54 Å². The molecule has 0 aliphatic carbocycles. The third kappa shape index (κ3) is 6.63. The number of thiazole rings is 1. The van der Waals surface area contributed by atoms with Crippen LogP contribution in [0.5, 0.6) is 0 Å². The topological polar surface area (TPSA) is 3.88 Å². The highest BCUT2D eigenvalue weighted by Gasteiger charge is 2.52. The van der Waals surface area contributed by atoms with E-state index in [1.807, 2.05) is 6.07 Å². The number of nitrogens with zero attached hydrogens (tertiary/aromatic N) is 1. The summed E-state index contributed by atoms with van der Waals surface area (Å²) in [6.07, 6.45) is -5.12. The van der Waals surface area contributed by atoms with Gasteiger partial charge in [-0.25, -0.2) is 87.8 Å². The largest absolute Gasteiger partial charge is 0.224 e. The molecule has 23 heteroatoms. The van der Waals surface area contributed by atoms with E-state index < -0.39 is 144 Å². The molecule has 0 bridgehead atoms. The first-order valence-corrected chi connectivity index (χ1v) is 15.8. The van der Waals surface area contributed by atoms with Gasteiger partial charge in [-0.2, -0.15) is 4.57 Å². The number of benzene rings is 5. The molecule has 6 rings (SSSR count). The fourth-order valence-electron chi connectivity index (χ4n) is 6.02. The molecule has 300 valence electrons. The van der Waals surface area contributed by atoms with Crippen molar-refractivity contribution >= 4 is 39.3 Å². The van der Waals surface area contributed by atoms with Crippen molar-refractivity contribution in [2.45, 2.75) is 6.54 Å². The third-order valence-electron chi connectivity index (χ3n) is 8.44. The molecule has 1 heterocycles. The third-order valence-corrected chi connectivity index (χ3v) is 9.11. The molecule has 0 spiro atoms. The second-order valence-electron chi connectivity index (χ2n) is 11.5. The van der Waals surface area contributed by atoms with E-state index in [0.717, 1.165) is 6.54 Å². The first-order valence-electron chi connectivity index (χ1n) is 14.8. The van der Waals surface area contributed by atoms with E-state index in [-0.39, 0.29) is 0 Å². The maximum Gasteiger partial charge on any atom is 0.224 e. The molecule has 0 atom stereocenters. The van der Waals surface area contributed by atoms with Gasteiger partial charge in [0.25, 0.3) is 0 Å². The lowest BCUT2D eigenvalue weighted by Gasteiger charge is -2.44. The fourth-order valence-corrected chi connectivity index (χ4v) is 6.62. The van der Waals surface area contributed by atoms with E-state index in [0.29, 0.717) is 0 Å². The Kier molecular flexibility index (Phi) is 11.7. The van der Waals surface area contributed by atoms with Crippen LogP contribution in [0.3, 0.4) is 0 Å². The number of hydrogen-bond donors (Lipinski definition) is 0. The van der Waals surface area contributed by atoms with Crippen LogP contribution in [0.4, 0.5) is 87.8 Å². The van der Waals surface area contributed by atoms with Crippen LogP contribution in [0.15, 0.2) is 47.4 Å². The van der Waals surface area contributed by atoms with E-state index in [4.69, 9.17) is 0 Å². The Morgan fingerprint density at radius 3 is 0.825 bits per heavy atom. The van der Waals surface area contributed by atoms with Gasteiger partial charge in [-0.15, -0.1) is 21.9 Å². The molecule has 5 aromatic carbocycles. The molecule has 0 amide bonds. The summed E-state index contributed by atoms with van der Waals surface area (Å²) in [6, 6.07) is 10.5. The Hall–Kier alpha value is -5.61. The first-order chi connectivity index (χ1) is 26.7. The molecule has 0 fully saturated rings. The highest BCUT2D eigenvalue weighted by atomic mass is 32.1. The minimum absolute atomic E-state index is 0.977. The summed E-state index contributed by atoms with van der Waals surface area (Å²) in [7, 11) is 0. The quantitative estimate of drug-likeness (QED) is 0.0528. The van der Waals surface area contributed by atoms with E-state index in [2.05, 4.69) is 45.9 Å². The molecule has 1 aromatic heterocycles. The molecule has 6 aromatic rings. The van der Waals surface area contributed by atoms with Crippen molar-refractivity contribution in [2.75, 3.05) is 0 Å². The van der Waals surface area contributed by atoms with Gasteiger partial charge in [0.1, 0.15) is 52.7 Å². The second kappa shape index (κ2) is 15.7. The number of halogens is 20.